The molecule has 2 nitrogen and oxygen atoms in total. The first-order chi connectivity index (χ1) is 5.79. The molecule has 3 heteroatoms. The molecule has 0 saturated heterocycles. The first-order valence-corrected chi connectivity index (χ1v) is 4.69. The molecule has 0 unspecified atom stereocenters. The topological polar surface area (TPSA) is 24.1 Å². The van der Waals surface area contributed by atoms with Gasteiger partial charge in [-0.1, -0.05) is 12.6 Å². The van der Waals surface area contributed by atoms with Gasteiger partial charge in [0.2, 0.25) is 5.69 Å². The van der Waals surface area contributed by atoms with E-state index in [2.05, 4.69) is 18.7 Å². The normalized spacial score (nSPS) is 15.8. The van der Waals surface area contributed by atoms with Crippen LogP contribution in [0.3, 0.4) is 0 Å². The van der Waals surface area contributed by atoms with Crippen LogP contribution < -0.4 is 4.73 Å². The van der Waals surface area contributed by atoms with Crippen LogP contribution in [0.15, 0.2) is 17.2 Å². The molecule has 0 fully saturated rings. The number of aromatic nitrogens is 1. The van der Waals surface area contributed by atoms with Crippen LogP contribution >= 0.6 is 12.6 Å². The van der Waals surface area contributed by atoms with E-state index in [1.165, 1.54) is 23.1 Å². The molecule has 0 saturated carbocycles. The molecule has 1 N–H and O–H groups in total. The maximum absolute atomic E-state index is 9.58. The second-order valence-corrected chi connectivity index (χ2v) is 3.64. The Morgan fingerprint density at radius 2 is 2.00 bits per heavy atom. The lowest BCUT2D eigenvalue weighted by molar-refractivity contribution is -0.937. The van der Waals surface area contributed by atoms with E-state index in [1.807, 2.05) is 6.07 Å². The second-order valence-electron chi connectivity index (χ2n) is 3.18. The molecule has 0 atom stereocenters. The van der Waals surface area contributed by atoms with Crippen molar-refractivity contribution in [1.29, 1.82) is 0 Å². The maximum Gasteiger partial charge on any atom is 0.288 e. The lowest BCUT2D eigenvalue weighted by Gasteiger charge is -2.10. The Kier molecular flexibility index (Phi) is 1.97. The number of fused-ring (bicyclic) bond motifs is 1. The van der Waals surface area contributed by atoms with Gasteiger partial charge in [-0.3, -0.25) is 5.21 Å². The highest BCUT2D eigenvalue weighted by atomic mass is 32.1. The number of nitrogens with zero attached hydrogens (tertiary/aromatic N) is 1. The maximum atomic E-state index is 9.58. The smallest absolute Gasteiger partial charge is 0.284 e. The van der Waals surface area contributed by atoms with Crippen molar-refractivity contribution in [2.75, 3.05) is 0 Å². The van der Waals surface area contributed by atoms with Crippen LogP contribution in [0.4, 0.5) is 0 Å². The summed E-state index contributed by atoms with van der Waals surface area (Å²) >= 11 is 4.14. The molecular weight excluding hydrogens is 170 g/mol. The number of hydrogen-bond donors (Lipinski definition) is 2. The summed E-state index contributed by atoms with van der Waals surface area (Å²) in [4.78, 5) is 0. The van der Waals surface area contributed by atoms with Gasteiger partial charge in [0.05, 0.1) is 0 Å². The van der Waals surface area contributed by atoms with Crippen LogP contribution in [0.1, 0.15) is 24.1 Å². The summed E-state index contributed by atoms with van der Waals surface area (Å²) in [7, 11) is 0. The summed E-state index contributed by atoms with van der Waals surface area (Å²) in [6.07, 6.45) is 4.47. The van der Waals surface area contributed by atoms with Crippen LogP contribution in [-0.4, -0.2) is 5.21 Å². The monoisotopic (exact) mass is 182 g/mol. The zero-order chi connectivity index (χ0) is 8.55. The third-order valence-electron chi connectivity index (χ3n) is 2.39. The third kappa shape index (κ3) is 1.18. The van der Waals surface area contributed by atoms with Crippen LogP contribution in [0.2, 0.25) is 0 Å². The third-order valence-corrected chi connectivity index (χ3v) is 2.73. The summed E-state index contributed by atoms with van der Waals surface area (Å²) in [5.74, 6) is 0. The van der Waals surface area contributed by atoms with Crippen LogP contribution in [0.5, 0.6) is 0 Å². The molecule has 1 heterocycles. The van der Waals surface area contributed by atoms with Crippen molar-refractivity contribution in [2.24, 2.45) is 0 Å². The molecule has 12 heavy (non-hydrogen) atoms. The van der Waals surface area contributed by atoms with Gasteiger partial charge in [-0.05, 0) is 25.3 Å². The lowest BCUT2D eigenvalue weighted by Crippen LogP contribution is -2.39. The van der Waals surface area contributed by atoms with Gasteiger partial charge in [0.1, 0.15) is 0 Å². The number of aryl methyl sites for hydroxylation is 1. The fourth-order valence-electron chi connectivity index (χ4n) is 1.72. The SMILES string of the molecule is O[n+]1c(S)ccc2c1CCCC2. The lowest BCUT2D eigenvalue weighted by atomic mass is 9.96. The summed E-state index contributed by atoms with van der Waals surface area (Å²) in [5, 5.41) is 10.2. The van der Waals surface area contributed by atoms with Gasteiger partial charge in [-0.25, -0.2) is 0 Å². The molecule has 0 bridgehead atoms. The van der Waals surface area contributed by atoms with E-state index in [-0.39, 0.29) is 0 Å². The van der Waals surface area contributed by atoms with Gasteiger partial charge in [0.15, 0.2) is 0 Å². The fraction of sp³-hybridized carbons (Fsp3) is 0.444. The highest BCUT2D eigenvalue weighted by Gasteiger charge is 2.22. The molecule has 1 aliphatic carbocycles. The number of hydrogen-bond acceptors (Lipinski definition) is 2. The van der Waals surface area contributed by atoms with Crippen molar-refractivity contribution < 1.29 is 9.94 Å². The zero-order valence-electron chi connectivity index (χ0n) is 6.82. The van der Waals surface area contributed by atoms with Gasteiger partial charge >= 0.3 is 0 Å². The summed E-state index contributed by atoms with van der Waals surface area (Å²) < 4.78 is 1.21. The molecule has 0 aromatic carbocycles. The summed E-state index contributed by atoms with van der Waals surface area (Å²) in [6, 6.07) is 3.90. The van der Waals surface area contributed by atoms with Crippen molar-refractivity contribution in [3.63, 3.8) is 0 Å². The standard InChI is InChI=1S/C9H11NOS/c11-10-8-4-2-1-3-7(8)5-6-9(10)12/h5-6,11H,1-4H2/p+1. The Bertz CT molecular complexity index is 312. The largest absolute Gasteiger partial charge is 0.288 e. The second kappa shape index (κ2) is 2.98. The first kappa shape index (κ1) is 7.92. The van der Waals surface area contributed by atoms with Gasteiger partial charge in [0, 0.05) is 22.8 Å². The zero-order valence-corrected chi connectivity index (χ0v) is 7.72. The molecular formula is C9H12NOS+. The van der Waals surface area contributed by atoms with E-state index in [0.29, 0.717) is 5.03 Å². The van der Waals surface area contributed by atoms with Crippen molar-refractivity contribution in [3.8, 4) is 0 Å². The molecule has 0 amide bonds. The van der Waals surface area contributed by atoms with Gasteiger partial charge in [-0.15, -0.1) is 0 Å². The average molecular weight is 182 g/mol. The Balaban J connectivity index is 2.54. The van der Waals surface area contributed by atoms with Crippen molar-refractivity contribution in [3.05, 3.63) is 23.4 Å². The number of thiol groups is 1. The Morgan fingerprint density at radius 3 is 2.83 bits per heavy atom. The predicted octanol–water partition coefficient (Wildman–Crippen LogP) is 1.38. The fourth-order valence-corrected chi connectivity index (χ4v) is 1.91. The number of pyridine rings is 1. The molecule has 64 valence electrons. The average Bonchev–Trinajstić information content (AvgIpc) is 2.12. The van der Waals surface area contributed by atoms with E-state index in [9.17, 15) is 5.21 Å². The summed E-state index contributed by atoms with van der Waals surface area (Å²) in [6.45, 7) is 0. The van der Waals surface area contributed by atoms with E-state index in [4.69, 9.17) is 0 Å². The molecule has 0 aliphatic heterocycles. The highest BCUT2D eigenvalue weighted by molar-refractivity contribution is 7.80. The number of rotatable bonds is 0. The molecule has 1 aromatic heterocycles. The van der Waals surface area contributed by atoms with Gasteiger partial charge < -0.3 is 0 Å². The quantitative estimate of drug-likeness (QED) is 0.353. The molecule has 1 aromatic rings. The molecule has 1 aliphatic rings. The van der Waals surface area contributed by atoms with E-state index < -0.39 is 0 Å². The Morgan fingerprint density at radius 1 is 1.25 bits per heavy atom. The minimum absolute atomic E-state index is 0.621. The summed E-state index contributed by atoms with van der Waals surface area (Å²) in [5.41, 5.74) is 2.30. The minimum atomic E-state index is 0.621. The Labute approximate surface area is 77.2 Å². The van der Waals surface area contributed by atoms with E-state index >= 15 is 0 Å². The van der Waals surface area contributed by atoms with Crippen LogP contribution in [-0.2, 0) is 12.8 Å². The predicted molar refractivity (Wildman–Crippen MR) is 47.7 cm³/mol. The van der Waals surface area contributed by atoms with Crippen molar-refractivity contribution in [2.45, 2.75) is 30.7 Å². The minimum Gasteiger partial charge on any atom is -0.284 e. The van der Waals surface area contributed by atoms with Crippen LogP contribution in [0.25, 0.3) is 0 Å². The molecule has 0 radical (unpaired) electrons. The van der Waals surface area contributed by atoms with Crippen molar-refractivity contribution >= 4 is 12.6 Å². The van der Waals surface area contributed by atoms with Gasteiger partial charge in [-0.2, -0.15) is 0 Å². The highest BCUT2D eigenvalue weighted by Crippen LogP contribution is 2.18. The molecule has 2 rings (SSSR count). The Hall–Kier alpha value is -0.700. The first-order valence-electron chi connectivity index (χ1n) is 4.24. The van der Waals surface area contributed by atoms with Gasteiger partial charge in [0.25, 0.3) is 5.03 Å². The van der Waals surface area contributed by atoms with E-state index in [0.717, 1.165) is 18.5 Å². The molecule has 0 spiro atoms. The van der Waals surface area contributed by atoms with E-state index in [1.54, 1.807) is 0 Å². The van der Waals surface area contributed by atoms with Crippen LogP contribution in [0, 0.1) is 0 Å². The van der Waals surface area contributed by atoms with Crippen molar-refractivity contribution in [1.82, 2.24) is 0 Å².